The lowest BCUT2D eigenvalue weighted by Gasteiger charge is -2.01. The quantitative estimate of drug-likeness (QED) is 0.547. The summed E-state index contributed by atoms with van der Waals surface area (Å²) in [5.41, 5.74) is 0.982. The van der Waals surface area contributed by atoms with E-state index in [9.17, 15) is 9.18 Å². The normalized spacial score (nSPS) is 10.9. The zero-order valence-electron chi connectivity index (χ0n) is 9.99. The molecule has 0 aliphatic rings. The summed E-state index contributed by atoms with van der Waals surface area (Å²) in [6.07, 6.45) is 0. The molecule has 0 saturated heterocycles. The van der Waals surface area contributed by atoms with E-state index in [1.165, 1.54) is 18.2 Å². The highest BCUT2D eigenvalue weighted by molar-refractivity contribution is 9.11. The van der Waals surface area contributed by atoms with Crippen LogP contribution in [0.1, 0.15) is 16.1 Å². The largest absolute Gasteiger partial charge is 0.453 e. The standard InChI is InChI=1S/C15H7Br2FO2/c16-9-1-3-11(12(17)7-9)15(19)14-6-8-5-10(18)2-4-13(8)20-14/h1-7H. The van der Waals surface area contributed by atoms with Crippen molar-refractivity contribution in [2.24, 2.45) is 0 Å². The molecule has 1 aromatic heterocycles. The van der Waals surface area contributed by atoms with E-state index in [4.69, 9.17) is 4.42 Å². The van der Waals surface area contributed by atoms with Crippen LogP contribution in [-0.2, 0) is 0 Å². The monoisotopic (exact) mass is 396 g/mol. The molecule has 0 amide bonds. The van der Waals surface area contributed by atoms with Crippen molar-refractivity contribution in [2.75, 3.05) is 0 Å². The molecule has 0 spiro atoms. The Balaban J connectivity index is 2.08. The third-order valence-corrected chi connectivity index (χ3v) is 4.03. The van der Waals surface area contributed by atoms with Crippen molar-refractivity contribution in [2.45, 2.75) is 0 Å². The van der Waals surface area contributed by atoms with Gasteiger partial charge in [-0.05, 0) is 58.4 Å². The topological polar surface area (TPSA) is 30.2 Å². The van der Waals surface area contributed by atoms with Gasteiger partial charge >= 0.3 is 0 Å². The minimum atomic E-state index is -0.359. The first kappa shape index (κ1) is 13.5. The van der Waals surface area contributed by atoms with Crippen LogP contribution in [0, 0.1) is 5.82 Å². The molecule has 0 fully saturated rings. The smallest absolute Gasteiger partial charge is 0.229 e. The molecule has 0 atom stereocenters. The van der Waals surface area contributed by atoms with Gasteiger partial charge < -0.3 is 4.42 Å². The Labute approximate surface area is 130 Å². The maximum Gasteiger partial charge on any atom is 0.229 e. The van der Waals surface area contributed by atoms with Crippen LogP contribution in [0.4, 0.5) is 4.39 Å². The third kappa shape index (κ3) is 2.43. The predicted molar refractivity (Wildman–Crippen MR) is 81.4 cm³/mol. The molecule has 0 aliphatic heterocycles. The zero-order chi connectivity index (χ0) is 14.3. The maximum absolute atomic E-state index is 13.1. The van der Waals surface area contributed by atoms with E-state index in [1.54, 1.807) is 24.3 Å². The fourth-order valence-electron chi connectivity index (χ4n) is 1.93. The molecule has 0 N–H and O–H groups in total. The summed E-state index contributed by atoms with van der Waals surface area (Å²) in [4.78, 5) is 12.4. The molecule has 0 bridgehead atoms. The van der Waals surface area contributed by atoms with E-state index < -0.39 is 0 Å². The number of hydrogen-bond donors (Lipinski definition) is 0. The SMILES string of the molecule is O=C(c1cc2cc(F)ccc2o1)c1ccc(Br)cc1Br. The average Bonchev–Trinajstić information content (AvgIpc) is 2.81. The first-order valence-corrected chi connectivity index (χ1v) is 7.32. The number of halogens is 3. The molecule has 1 heterocycles. The van der Waals surface area contributed by atoms with Gasteiger partial charge in [-0.2, -0.15) is 0 Å². The van der Waals surface area contributed by atoms with Gasteiger partial charge in [0, 0.05) is 19.9 Å². The summed E-state index contributed by atoms with van der Waals surface area (Å²) in [5, 5.41) is 0.571. The van der Waals surface area contributed by atoms with Gasteiger partial charge in [0.15, 0.2) is 5.76 Å². The van der Waals surface area contributed by atoms with Crippen molar-refractivity contribution in [3.05, 3.63) is 68.6 Å². The number of hydrogen-bond acceptors (Lipinski definition) is 2. The summed E-state index contributed by atoms with van der Waals surface area (Å²) < 4.78 is 20.2. The van der Waals surface area contributed by atoms with Gasteiger partial charge in [0.05, 0.1) is 0 Å². The Kier molecular flexibility index (Phi) is 3.48. The molecular formula is C15H7Br2FO2. The fourth-order valence-corrected chi connectivity index (χ4v) is 3.16. The number of furan rings is 1. The van der Waals surface area contributed by atoms with Gasteiger partial charge in [-0.1, -0.05) is 15.9 Å². The van der Waals surface area contributed by atoms with Crippen LogP contribution in [0.2, 0.25) is 0 Å². The van der Waals surface area contributed by atoms with Crippen LogP contribution in [-0.4, -0.2) is 5.78 Å². The van der Waals surface area contributed by atoms with Gasteiger partial charge in [-0.15, -0.1) is 0 Å². The first-order chi connectivity index (χ1) is 9.54. The first-order valence-electron chi connectivity index (χ1n) is 5.73. The lowest BCUT2D eigenvalue weighted by atomic mass is 10.1. The van der Waals surface area contributed by atoms with Crippen LogP contribution in [0.3, 0.4) is 0 Å². The molecule has 0 aliphatic carbocycles. The summed E-state index contributed by atoms with van der Waals surface area (Å²) in [5.74, 6) is -0.420. The van der Waals surface area contributed by atoms with Crippen molar-refractivity contribution >= 4 is 48.6 Å². The molecular weight excluding hydrogens is 391 g/mol. The van der Waals surface area contributed by atoms with Crippen LogP contribution >= 0.6 is 31.9 Å². The summed E-state index contributed by atoms with van der Waals surface area (Å²) in [7, 11) is 0. The Hall–Kier alpha value is -1.46. The van der Waals surface area contributed by atoms with Crippen LogP contribution < -0.4 is 0 Å². The van der Waals surface area contributed by atoms with E-state index in [0.717, 1.165) is 4.47 Å². The van der Waals surface area contributed by atoms with Crippen LogP contribution in [0.15, 0.2) is 55.8 Å². The van der Waals surface area contributed by atoms with E-state index >= 15 is 0 Å². The van der Waals surface area contributed by atoms with Gasteiger partial charge in [0.25, 0.3) is 0 Å². The van der Waals surface area contributed by atoms with Crippen molar-refractivity contribution in [3.8, 4) is 0 Å². The molecule has 0 unspecified atom stereocenters. The lowest BCUT2D eigenvalue weighted by Crippen LogP contribution is -2.00. The highest BCUT2D eigenvalue weighted by atomic mass is 79.9. The Morgan fingerprint density at radius 2 is 1.85 bits per heavy atom. The average molecular weight is 398 g/mol. The molecule has 100 valence electrons. The second-order valence-electron chi connectivity index (χ2n) is 4.25. The highest BCUT2D eigenvalue weighted by Crippen LogP contribution is 2.27. The Morgan fingerprint density at radius 3 is 2.60 bits per heavy atom. The third-order valence-electron chi connectivity index (χ3n) is 2.88. The number of ketones is 1. The summed E-state index contributed by atoms with van der Waals surface area (Å²) in [6, 6.07) is 11.0. The molecule has 2 aromatic carbocycles. The Bertz CT molecular complexity index is 824. The molecule has 0 radical (unpaired) electrons. The van der Waals surface area contributed by atoms with E-state index in [2.05, 4.69) is 31.9 Å². The molecule has 0 saturated carbocycles. The van der Waals surface area contributed by atoms with Crippen molar-refractivity contribution in [1.82, 2.24) is 0 Å². The van der Waals surface area contributed by atoms with Gasteiger partial charge in [-0.25, -0.2) is 4.39 Å². The fraction of sp³-hybridized carbons (Fsp3) is 0. The minimum Gasteiger partial charge on any atom is -0.453 e. The number of fused-ring (bicyclic) bond motifs is 1. The molecule has 20 heavy (non-hydrogen) atoms. The van der Waals surface area contributed by atoms with Crippen LogP contribution in [0.5, 0.6) is 0 Å². The number of rotatable bonds is 2. The Morgan fingerprint density at radius 1 is 1.05 bits per heavy atom. The number of carbonyl (C=O) groups is 1. The van der Waals surface area contributed by atoms with Gasteiger partial charge in [-0.3, -0.25) is 4.79 Å². The molecule has 2 nitrogen and oxygen atoms in total. The van der Waals surface area contributed by atoms with Crippen molar-refractivity contribution < 1.29 is 13.6 Å². The summed E-state index contributed by atoms with van der Waals surface area (Å²) >= 11 is 6.68. The summed E-state index contributed by atoms with van der Waals surface area (Å²) in [6.45, 7) is 0. The molecule has 5 heteroatoms. The van der Waals surface area contributed by atoms with E-state index in [0.29, 0.717) is 21.0 Å². The predicted octanol–water partition coefficient (Wildman–Crippen LogP) is 5.33. The second kappa shape index (κ2) is 5.14. The highest BCUT2D eigenvalue weighted by Gasteiger charge is 2.17. The van der Waals surface area contributed by atoms with E-state index in [1.807, 2.05) is 0 Å². The molecule has 3 rings (SSSR count). The van der Waals surface area contributed by atoms with E-state index in [-0.39, 0.29) is 17.4 Å². The minimum absolute atomic E-state index is 0.189. The van der Waals surface area contributed by atoms with Gasteiger partial charge in [0.1, 0.15) is 11.4 Å². The molecule has 3 aromatic rings. The second-order valence-corrected chi connectivity index (χ2v) is 6.02. The number of benzene rings is 2. The van der Waals surface area contributed by atoms with Gasteiger partial charge in [0.2, 0.25) is 5.78 Å². The lowest BCUT2D eigenvalue weighted by molar-refractivity contribution is 0.101. The van der Waals surface area contributed by atoms with Crippen molar-refractivity contribution in [1.29, 1.82) is 0 Å². The maximum atomic E-state index is 13.1. The van der Waals surface area contributed by atoms with Crippen LogP contribution in [0.25, 0.3) is 11.0 Å². The van der Waals surface area contributed by atoms with Crippen molar-refractivity contribution in [3.63, 3.8) is 0 Å². The zero-order valence-corrected chi connectivity index (χ0v) is 13.2. The number of carbonyl (C=O) groups excluding carboxylic acids is 1.